The summed E-state index contributed by atoms with van der Waals surface area (Å²) in [6, 6.07) is 7.47. The summed E-state index contributed by atoms with van der Waals surface area (Å²) >= 11 is 0. The molecule has 0 aliphatic rings. The van der Waals surface area contributed by atoms with E-state index in [2.05, 4.69) is 5.32 Å². The van der Waals surface area contributed by atoms with E-state index in [4.69, 9.17) is 0 Å². The molecule has 5 nitrogen and oxygen atoms in total. The standard InChI is InChI=1S/C17H27N3O2.ClH/c1-5-20(16(21)7-6-12-18-2)13-14-8-10-15(11-9-14)17(22)19(3)4;/h8-11,18H,5-7,12-13H2,1-4H3;1H. The first-order valence-electron chi connectivity index (χ1n) is 7.72. The molecule has 2 amide bonds. The fourth-order valence-corrected chi connectivity index (χ4v) is 2.18. The molecule has 0 atom stereocenters. The van der Waals surface area contributed by atoms with Crippen LogP contribution in [0, 0.1) is 0 Å². The second-order valence-electron chi connectivity index (χ2n) is 5.51. The summed E-state index contributed by atoms with van der Waals surface area (Å²) in [6.45, 7) is 4.12. The third-order valence-corrected chi connectivity index (χ3v) is 3.53. The maximum atomic E-state index is 12.2. The van der Waals surface area contributed by atoms with E-state index in [1.165, 1.54) is 0 Å². The van der Waals surface area contributed by atoms with Crippen LogP contribution in [0.15, 0.2) is 24.3 Å². The normalized spacial score (nSPS) is 9.91. The van der Waals surface area contributed by atoms with Crippen LogP contribution in [0.25, 0.3) is 0 Å². The molecule has 0 unspecified atom stereocenters. The van der Waals surface area contributed by atoms with Crippen LogP contribution in [0.1, 0.15) is 35.7 Å². The molecule has 0 fully saturated rings. The summed E-state index contributed by atoms with van der Waals surface area (Å²) in [4.78, 5) is 27.4. The second-order valence-corrected chi connectivity index (χ2v) is 5.51. The summed E-state index contributed by atoms with van der Waals surface area (Å²) in [6.07, 6.45) is 1.41. The Kier molecular flexibility index (Phi) is 10.3. The molecule has 0 spiro atoms. The Labute approximate surface area is 145 Å². The van der Waals surface area contributed by atoms with Gasteiger partial charge in [0.1, 0.15) is 0 Å². The number of hydrogen-bond acceptors (Lipinski definition) is 3. The van der Waals surface area contributed by atoms with Crippen LogP contribution < -0.4 is 5.32 Å². The molecule has 0 radical (unpaired) electrons. The zero-order valence-electron chi connectivity index (χ0n) is 14.5. The number of benzene rings is 1. The molecule has 0 heterocycles. The van der Waals surface area contributed by atoms with Gasteiger partial charge in [-0.2, -0.15) is 0 Å². The highest BCUT2D eigenvalue weighted by atomic mass is 35.5. The minimum absolute atomic E-state index is 0. The Hall–Kier alpha value is -1.59. The molecule has 1 rings (SSSR count). The van der Waals surface area contributed by atoms with Crippen molar-refractivity contribution in [3.8, 4) is 0 Å². The molecule has 0 saturated carbocycles. The maximum Gasteiger partial charge on any atom is 0.253 e. The van der Waals surface area contributed by atoms with Gasteiger partial charge >= 0.3 is 0 Å². The number of rotatable bonds is 8. The van der Waals surface area contributed by atoms with Gasteiger partial charge in [0.05, 0.1) is 0 Å². The van der Waals surface area contributed by atoms with Gasteiger partial charge in [-0.3, -0.25) is 9.59 Å². The summed E-state index contributed by atoms with van der Waals surface area (Å²) in [5.74, 6) is 0.160. The quantitative estimate of drug-likeness (QED) is 0.737. The van der Waals surface area contributed by atoms with Gasteiger partial charge in [-0.1, -0.05) is 12.1 Å². The largest absolute Gasteiger partial charge is 0.345 e. The lowest BCUT2D eigenvalue weighted by Crippen LogP contribution is -2.30. The van der Waals surface area contributed by atoms with Crippen LogP contribution in [-0.2, 0) is 11.3 Å². The predicted octanol–water partition coefficient (Wildman–Crippen LogP) is 2.16. The summed E-state index contributed by atoms with van der Waals surface area (Å²) in [7, 11) is 5.36. The Morgan fingerprint density at radius 2 is 1.74 bits per heavy atom. The van der Waals surface area contributed by atoms with Crippen LogP contribution in [0.5, 0.6) is 0 Å². The molecule has 0 aromatic heterocycles. The van der Waals surface area contributed by atoms with Gasteiger partial charge in [-0.25, -0.2) is 0 Å². The van der Waals surface area contributed by atoms with Gasteiger partial charge in [0.25, 0.3) is 5.91 Å². The van der Waals surface area contributed by atoms with E-state index >= 15 is 0 Å². The van der Waals surface area contributed by atoms with E-state index in [0.29, 0.717) is 25.1 Å². The zero-order valence-corrected chi connectivity index (χ0v) is 15.3. The predicted molar refractivity (Wildman–Crippen MR) is 96.0 cm³/mol. The molecule has 0 saturated heterocycles. The second kappa shape index (κ2) is 11.0. The van der Waals surface area contributed by atoms with E-state index in [1.54, 1.807) is 19.0 Å². The maximum absolute atomic E-state index is 12.2. The van der Waals surface area contributed by atoms with Crippen molar-refractivity contribution >= 4 is 24.2 Å². The topological polar surface area (TPSA) is 52.7 Å². The van der Waals surface area contributed by atoms with Gasteiger partial charge in [-0.15, -0.1) is 12.4 Å². The monoisotopic (exact) mass is 341 g/mol. The van der Waals surface area contributed by atoms with Gasteiger partial charge < -0.3 is 15.1 Å². The lowest BCUT2D eigenvalue weighted by Gasteiger charge is -2.21. The highest BCUT2D eigenvalue weighted by molar-refractivity contribution is 5.93. The Morgan fingerprint density at radius 1 is 1.13 bits per heavy atom. The van der Waals surface area contributed by atoms with E-state index in [9.17, 15) is 9.59 Å². The molecule has 23 heavy (non-hydrogen) atoms. The summed E-state index contributed by atoms with van der Waals surface area (Å²) in [5, 5.41) is 3.05. The average Bonchev–Trinajstić information content (AvgIpc) is 2.52. The lowest BCUT2D eigenvalue weighted by molar-refractivity contribution is -0.131. The van der Waals surface area contributed by atoms with Gasteiger partial charge in [0, 0.05) is 39.2 Å². The fraction of sp³-hybridized carbons (Fsp3) is 0.529. The Morgan fingerprint density at radius 3 is 2.22 bits per heavy atom. The number of nitrogens with one attached hydrogen (secondary N) is 1. The minimum Gasteiger partial charge on any atom is -0.345 e. The van der Waals surface area contributed by atoms with Gasteiger partial charge in [-0.05, 0) is 44.6 Å². The van der Waals surface area contributed by atoms with Crippen molar-refractivity contribution in [2.75, 3.05) is 34.2 Å². The first kappa shape index (κ1) is 21.4. The zero-order chi connectivity index (χ0) is 16.5. The molecule has 6 heteroatoms. The van der Waals surface area contributed by atoms with Gasteiger partial charge in [0.2, 0.25) is 5.91 Å². The number of amides is 2. The van der Waals surface area contributed by atoms with Crippen molar-refractivity contribution in [1.82, 2.24) is 15.1 Å². The van der Waals surface area contributed by atoms with Crippen LogP contribution in [0.4, 0.5) is 0 Å². The number of nitrogens with zero attached hydrogens (tertiary/aromatic N) is 2. The van der Waals surface area contributed by atoms with Crippen molar-refractivity contribution in [3.63, 3.8) is 0 Å². The van der Waals surface area contributed by atoms with Crippen LogP contribution in [0.2, 0.25) is 0 Å². The van der Waals surface area contributed by atoms with Crippen molar-refractivity contribution in [2.45, 2.75) is 26.3 Å². The van der Waals surface area contributed by atoms with Crippen molar-refractivity contribution in [2.24, 2.45) is 0 Å². The molecular weight excluding hydrogens is 314 g/mol. The third kappa shape index (κ3) is 7.01. The fourth-order valence-electron chi connectivity index (χ4n) is 2.18. The van der Waals surface area contributed by atoms with Crippen LogP contribution in [0.3, 0.4) is 0 Å². The summed E-state index contributed by atoms with van der Waals surface area (Å²) in [5.41, 5.74) is 1.70. The first-order valence-corrected chi connectivity index (χ1v) is 7.72. The molecule has 1 N–H and O–H groups in total. The van der Waals surface area contributed by atoms with E-state index in [-0.39, 0.29) is 24.2 Å². The van der Waals surface area contributed by atoms with Crippen molar-refractivity contribution < 1.29 is 9.59 Å². The van der Waals surface area contributed by atoms with E-state index < -0.39 is 0 Å². The molecule has 130 valence electrons. The SMILES string of the molecule is CCN(Cc1ccc(C(=O)N(C)C)cc1)C(=O)CCCNC.Cl. The first-order chi connectivity index (χ1) is 10.5. The van der Waals surface area contributed by atoms with E-state index in [1.807, 2.05) is 43.1 Å². The molecule has 0 bridgehead atoms. The molecule has 1 aromatic rings. The molecule has 1 aromatic carbocycles. The third-order valence-electron chi connectivity index (χ3n) is 3.53. The number of carbonyl (C=O) groups excluding carboxylic acids is 2. The van der Waals surface area contributed by atoms with Gasteiger partial charge in [0.15, 0.2) is 0 Å². The number of halogens is 1. The smallest absolute Gasteiger partial charge is 0.253 e. The Bertz CT molecular complexity index is 489. The van der Waals surface area contributed by atoms with Crippen molar-refractivity contribution in [1.29, 1.82) is 0 Å². The van der Waals surface area contributed by atoms with Crippen molar-refractivity contribution in [3.05, 3.63) is 35.4 Å². The summed E-state index contributed by atoms with van der Waals surface area (Å²) < 4.78 is 0. The van der Waals surface area contributed by atoms with Crippen LogP contribution >= 0.6 is 12.4 Å². The lowest BCUT2D eigenvalue weighted by atomic mass is 10.1. The molecular formula is C17H28ClN3O2. The average molecular weight is 342 g/mol. The molecule has 0 aliphatic carbocycles. The van der Waals surface area contributed by atoms with E-state index in [0.717, 1.165) is 18.5 Å². The highest BCUT2D eigenvalue weighted by Gasteiger charge is 2.12. The Balaban J connectivity index is 0.00000484. The number of hydrogen-bond donors (Lipinski definition) is 1. The minimum atomic E-state index is -0.0120. The van der Waals surface area contributed by atoms with Crippen LogP contribution in [-0.4, -0.2) is 55.8 Å². The molecule has 0 aliphatic heterocycles. The highest BCUT2D eigenvalue weighted by Crippen LogP contribution is 2.10. The number of carbonyl (C=O) groups is 2.